The second-order valence-electron chi connectivity index (χ2n) is 3.67. The highest BCUT2D eigenvalue weighted by molar-refractivity contribution is 9.10. The van der Waals surface area contributed by atoms with Gasteiger partial charge in [0.2, 0.25) is 0 Å². The molecule has 0 amide bonds. The van der Waals surface area contributed by atoms with Crippen molar-refractivity contribution < 1.29 is 0 Å². The van der Waals surface area contributed by atoms with Gasteiger partial charge in [-0.15, -0.1) is 0 Å². The molecule has 0 aliphatic rings. The van der Waals surface area contributed by atoms with Gasteiger partial charge in [0.25, 0.3) is 0 Å². The quantitative estimate of drug-likeness (QED) is 0.805. The average Bonchev–Trinajstić information content (AvgIpc) is 2.46. The van der Waals surface area contributed by atoms with E-state index in [0.717, 1.165) is 21.7 Å². The lowest BCUT2D eigenvalue weighted by Gasteiger charge is -2.06. The van der Waals surface area contributed by atoms with Crippen LogP contribution >= 0.6 is 27.5 Å². The fraction of sp³-hybridized carbons (Fsp3) is 0.273. The molecule has 3 nitrogen and oxygen atoms in total. The van der Waals surface area contributed by atoms with Crippen LogP contribution in [-0.4, -0.2) is 14.8 Å². The van der Waals surface area contributed by atoms with E-state index in [1.54, 1.807) is 6.20 Å². The third-order valence-corrected chi connectivity index (χ3v) is 3.43. The summed E-state index contributed by atoms with van der Waals surface area (Å²) < 4.78 is 2.66. The van der Waals surface area contributed by atoms with Crippen LogP contribution in [0.3, 0.4) is 0 Å². The van der Waals surface area contributed by atoms with E-state index >= 15 is 0 Å². The van der Waals surface area contributed by atoms with E-state index in [-0.39, 0.29) is 0 Å². The summed E-state index contributed by atoms with van der Waals surface area (Å²) in [5.74, 6) is 0.762. The Morgan fingerprint density at radius 2 is 2.00 bits per heavy atom. The predicted molar refractivity (Wildman–Crippen MR) is 68.3 cm³/mol. The van der Waals surface area contributed by atoms with Gasteiger partial charge in [-0.25, -0.2) is 9.67 Å². The van der Waals surface area contributed by atoms with Gasteiger partial charge in [-0.1, -0.05) is 11.6 Å². The van der Waals surface area contributed by atoms with Gasteiger partial charge in [-0.2, -0.15) is 5.10 Å². The lowest BCUT2D eigenvalue weighted by Crippen LogP contribution is -2.03. The summed E-state index contributed by atoms with van der Waals surface area (Å²) >= 11 is 9.30. The largest absolute Gasteiger partial charge is 0.235 e. The molecule has 2 aromatic rings. The molecular weight excluding hydrogens is 289 g/mol. The fourth-order valence-electron chi connectivity index (χ4n) is 1.49. The highest BCUT2D eigenvalue weighted by Crippen LogP contribution is 2.24. The Bertz CT molecular complexity index is 548. The van der Waals surface area contributed by atoms with Crippen molar-refractivity contribution in [2.24, 2.45) is 0 Å². The van der Waals surface area contributed by atoms with Crippen LogP contribution in [0.2, 0.25) is 5.02 Å². The lowest BCUT2D eigenvalue weighted by molar-refractivity contribution is 0.801. The molecular formula is C11H11BrClN3. The van der Waals surface area contributed by atoms with Crippen LogP contribution in [0.25, 0.3) is 5.82 Å². The predicted octanol–water partition coefficient (Wildman–Crippen LogP) is 3.61. The molecule has 84 valence electrons. The number of pyridine rings is 1. The third kappa shape index (κ3) is 1.87. The van der Waals surface area contributed by atoms with Crippen LogP contribution in [0.4, 0.5) is 0 Å². The van der Waals surface area contributed by atoms with Crippen LogP contribution < -0.4 is 0 Å². The number of halogens is 2. The molecule has 0 spiro atoms. The van der Waals surface area contributed by atoms with Crippen LogP contribution in [0.5, 0.6) is 0 Å². The van der Waals surface area contributed by atoms with Gasteiger partial charge in [0.15, 0.2) is 5.82 Å². The van der Waals surface area contributed by atoms with Gasteiger partial charge in [0.1, 0.15) is 0 Å². The molecule has 0 radical (unpaired) electrons. The van der Waals surface area contributed by atoms with Crippen molar-refractivity contribution in [1.82, 2.24) is 14.8 Å². The maximum Gasteiger partial charge on any atom is 0.168 e. The molecule has 0 saturated heterocycles. The molecule has 0 fully saturated rings. The van der Waals surface area contributed by atoms with E-state index < -0.39 is 0 Å². The molecule has 0 N–H and O–H groups in total. The molecule has 0 aliphatic heterocycles. The number of nitrogens with zero attached hydrogens (tertiary/aromatic N) is 3. The summed E-state index contributed by atoms with van der Waals surface area (Å²) in [6.07, 6.45) is 1.62. The summed E-state index contributed by atoms with van der Waals surface area (Å²) in [7, 11) is 0. The number of aryl methyl sites for hydroxylation is 1. The number of hydrogen-bond donors (Lipinski definition) is 0. The van der Waals surface area contributed by atoms with E-state index in [1.165, 1.54) is 5.56 Å². The summed E-state index contributed by atoms with van der Waals surface area (Å²) in [5, 5.41) is 5.06. The maximum atomic E-state index is 5.86. The molecule has 2 aromatic heterocycles. The first-order valence-electron chi connectivity index (χ1n) is 4.85. The number of hydrogen-bond acceptors (Lipinski definition) is 2. The minimum Gasteiger partial charge on any atom is -0.235 e. The van der Waals surface area contributed by atoms with Crippen LogP contribution in [0.1, 0.15) is 17.0 Å². The van der Waals surface area contributed by atoms with E-state index in [9.17, 15) is 0 Å². The van der Waals surface area contributed by atoms with Crippen molar-refractivity contribution in [3.8, 4) is 5.82 Å². The van der Waals surface area contributed by atoms with Crippen molar-refractivity contribution in [3.05, 3.63) is 38.7 Å². The van der Waals surface area contributed by atoms with Crippen LogP contribution in [0, 0.1) is 20.8 Å². The van der Waals surface area contributed by atoms with Crippen molar-refractivity contribution in [2.45, 2.75) is 20.8 Å². The Hall–Kier alpha value is -0.870. The molecule has 0 aliphatic carbocycles. The molecule has 2 rings (SSSR count). The Balaban J connectivity index is 2.63. The SMILES string of the molecule is Cc1nn(-c2ncc(Cl)cc2Br)c(C)c1C. The monoisotopic (exact) mass is 299 g/mol. The Morgan fingerprint density at radius 3 is 2.50 bits per heavy atom. The normalized spacial score (nSPS) is 10.8. The number of rotatable bonds is 1. The van der Waals surface area contributed by atoms with Crippen LogP contribution in [-0.2, 0) is 0 Å². The van der Waals surface area contributed by atoms with Crippen LogP contribution in [0.15, 0.2) is 16.7 Å². The minimum absolute atomic E-state index is 0.605. The Labute approximate surface area is 108 Å². The zero-order chi connectivity index (χ0) is 11.9. The van der Waals surface area contributed by atoms with Gasteiger partial charge in [-0.05, 0) is 48.3 Å². The first-order valence-corrected chi connectivity index (χ1v) is 6.02. The summed E-state index contributed by atoms with van der Waals surface area (Å²) in [6.45, 7) is 6.07. The zero-order valence-corrected chi connectivity index (χ0v) is 11.6. The van der Waals surface area contributed by atoms with Gasteiger partial charge in [-0.3, -0.25) is 0 Å². The second kappa shape index (κ2) is 4.18. The molecule has 16 heavy (non-hydrogen) atoms. The standard InChI is InChI=1S/C11H11BrClN3/c1-6-7(2)15-16(8(6)3)11-10(12)4-9(13)5-14-11/h4-5H,1-3H3. The van der Waals surface area contributed by atoms with Gasteiger partial charge < -0.3 is 0 Å². The minimum atomic E-state index is 0.605. The maximum absolute atomic E-state index is 5.86. The summed E-state index contributed by atoms with van der Waals surface area (Å²) in [5.41, 5.74) is 3.29. The number of aromatic nitrogens is 3. The molecule has 0 bridgehead atoms. The second-order valence-corrected chi connectivity index (χ2v) is 4.96. The summed E-state index contributed by atoms with van der Waals surface area (Å²) in [6, 6.07) is 1.82. The molecule has 5 heteroatoms. The van der Waals surface area contributed by atoms with E-state index in [1.807, 2.05) is 24.6 Å². The van der Waals surface area contributed by atoms with Crippen molar-refractivity contribution >= 4 is 27.5 Å². The van der Waals surface area contributed by atoms with Gasteiger partial charge >= 0.3 is 0 Å². The third-order valence-electron chi connectivity index (χ3n) is 2.64. The van der Waals surface area contributed by atoms with Crippen molar-refractivity contribution in [1.29, 1.82) is 0 Å². The molecule has 0 unspecified atom stereocenters. The molecule has 0 aromatic carbocycles. The van der Waals surface area contributed by atoms with Gasteiger partial charge in [0.05, 0.1) is 15.2 Å². The van der Waals surface area contributed by atoms with E-state index in [4.69, 9.17) is 11.6 Å². The topological polar surface area (TPSA) is 30.7 Å². The van der Waals surface area contributed by atoms with E-state index in [0.29, 0.717) is 5.02 Å². The zero-order valence-electron chi connectivity index (χ0n) is 9.25. The highest BCUT2D eigenvalue weighted by atomic mass is 79.9. The molecule has 0 atom stereocenters. The first-order chi connectivity index (χ1) is 7.50. The molecule has 0 saturated carbocycles. The highest BCUT2D eigenvalue weighted by Gasteiger charge is 2.12. The van der Waals surface area contributed by atoms with E-state index in [2.05, 4.69) is 32.9 Å². The lowest BCUT2D eigenvalue weighted by atomic mass is 10.2. The Morgan fingerprint density at radius 1 is 1.31 bits per heavy atom. The first kappa shape index (κ1) is 11.6. The summed E-state index contributed by atoms with van der Waals surface area (Å²) in [4.78, 5) is 4.28. The van der Waals surface area contributed by atoms with Gasteiger partial charge in [0, 0.05) is 11.9 Å². The average molecular weight is 301 g/mol. The van der Waals surface area contributed by atoms with Crippen molar-refractivity contribution in [3.63, 3.8) is 0 Å². The Kier molecular flexibility index (Phi) is 3.04. The fourth-order valence-corrected chi connectivity index (χ4v) is 2.30. The molecule has 2 heterocycles. The smallest absolute Gasteiger partial charge is 0.168 e. The van der Waals surface area contributed by atoms with Crippen molar-refractivity contribution in [2.75, 3.05) is 0 Å².